The highest BCUT2D eigenvalue weighted by Crippen LogP contribution is 2.27. The maximum absolute atomic E-state index is 11.9. The molecule has 1 aromatic rings. The van der Waals surface area contributed by atoms with Gasteiger partial charge >= 0.3 is 12.1 Å². The lowest BCUT2D eigenvalue weighted by molar-refractivity contribution is -0.144. The Morgan fingerprint density at radius 3 is 2.61 bits per heavy atom. The minimum Gasteiger partial charge on any atom is -0.468 e. The van der Waals surface area contributed by atoms with Crippen LogP contribution in [0.4, 0.5) is 4.79 Å². The van der Waals surface area contributed by atoms with E-state index in [1.54, 1.807) is 30.3 Å². The molecule has 1 aromatic carbocycles. The molecule has 0 aromatic heterocycles. The molecular weight excluding hydrogens is 238 g/mol. The van der Waals surface area contributed by atoms with Crippen molar-refractivity contribution in [3.8, 4) is 0 Å². The number of ether oxygens (including phenoxy) is 2. The molecule has 94 valence electrons. The monoisotopic (exact) mass is 249 g/mol. The molecule has 6 nitrogen and oxygen atoms in total. The molecule has 1 heterocycles. The van der Waals surface area contributed by atoms with Crippen LogP contribution in [0.3, 0.4) is 0 Å². The first-order chi connectivity index (χ1) is 8.63. The fourth-order valence-corrected chi connectivity index (χ4v) is 1.62. The van der Waals surface area contributed by atoms with Crippen molar-refractivity contribution in [1.82, 2.24) is 4.90 Å². The van der Waals surface area contributed by atoms with Crippen molar-refractivity contribution in [2.45, 2.75) is 6.10 Å². The predicted octanol–water partition coefficient (Wildman–Crippen LogP) is 0.879. The van der Waals surface area contributed by atoms with E-state index >= 15 is 0 Å². The number of carbonyl (C=O) groups excluding carboxylic acids is 3. The second-order valence-corrected chi connectivity index (χ2v) is 3.67. The lowest BCUT2D eigenvalue weighted by atomic mass is 10.1. The number of nitrogens with zero attached hydrogens (tertiary/aromatic N) is 1. The van der Waals surface area contributed by atoms with Crippen LogP contribution in [0.25, 0.3) is 0 Å². The van der Waals surface area contributed by atoms with Crippen molar-refractivity contribution in [1.29, 1.82) is 0 Å². The van der Waals surface area contributed by atoms with E-state index in [0.29, 0.717) is 5.56 Å². The Bertz CT molecular complexity index is 485. The highest BCUT2D eigenvalue weighted by molar-refractivity contribution is 6.02. The molecule has 1 fully saturated rings. The van der Waals surface area contributed by atoms with Crippen LogP contribution in [0.5, 0.6) is 0 Å². The second kappa shape index (κ2) is 4.87. The minimum atomic E-state index is -0.983. The van der Waals surface area contributed by atoms with Crippen LogP contribution in [-0.4, -0.2) is 36.5 Å². The number of benzene rings is 1. The summed E-state index contributed by atoms with van der Waals surface area (Å²) in [5.74, 6) is -1.23. The molecule has 1 saturated heterocycles. The third-order valence-corrected chi connectivity index (χ3v) is 2.55. The fourth-order valence-electron chi connectivity index (χ4n) is 1.62. The number of imide groups is 1. The first kappa shape index (κ1) is 12.1. The van der Waals surface area contributed by atoms with Gasteiger partial charge in [-0.1, -0.05) is 30.3 Å². The Balaban J connectivity index is 2.17. The molecule has 0 spiro atoms. The van der Waals surface area contributed by atoms with Gasteiger partial charge in [-0.2, -0.15) is 0 Å². The zero-order chi connectivity index (χ0) is 13.1. The van der Waals surface area contributed by atoms with Crippen LogP contribution < -0.4 is 0 Å². The molecule has 1 aliphatic rings. The van der Waals surface area contributed by atoms with Gasteiger partial charge in [0, 0.05) is 5.56 Å². The van der Waals surface area contributed by atoms with Crippen molar-refractivity contribution < 1.29 is 23.9 Å². The maximum Gasteiger partial charge on any atom is 0.418 e. The highest BCUT2D eigenvalue weighted by atomic mass is 16.6. The number of cyclic esters (lactones) is 1. The molecule has 1 aliphatic heterocycles. The third kappa shape index (κ3) is 2.17. The zero-order valence-electron chi connectivity index (χ0n) is 9.66. The van der Waals surface area contributed by atoms with Crippen molar-refractivity contribution in [2.24, 2.45) is 0 Å². The summed E-state index contributed by atoms with van der Waals surface area (Å²) < 4.78 is 9.36. The number of rotatable bonds is 3. The zero-order valence-corrected chi connectivity index (χ0v) is 9.66. The summed E-state index contributed by atoms with van der Waals surface area (Å²) in [6.45, 7) is -0.433. The van der Waals surface area contributed by atoms with E-state index < -0.39 is 30.6 Å². The minimum absolute atomic E-state index is 0.433. The van der Waals surface area contributed by atoms with E-state index in [1.165, 1.54) is 7.11 Å². The normalized spacial score (nSPS) is 18.7. The number of amides is 2. The highest BCUT2D eigenvalue weighted by Gasteiger charge is 2.42. The lowest BCUT2D eigenvalue weighted by Crippen LogP contribution is -2.35. The summed E-state index contributed by atoms with van der Waals surface area (Å²) in [4.78, 5) is 35.3. The number of methoxy groups -OCH3 is 1. The maximum atomic E-state index is 11.9. The van der Waals surface area contributed by atoms with Crippen molar-refractivity contribution in [3.05, 3.63) is 35.9 Å². The molecule has 0 unspecified atom stereocenters. The summed E-state index contributed by atoms with van der Waals surface area (Å²) in [5, 5.41) is 0. The van der Waals surface area contributed by atoms with Gasteiger partial charge in [-0.05, 0) is 0 Å². The Morgan fingerprint density at radius 1 is 1.33 bits per heavy atom. The molecule has 0 bridgehead atoms. The number of carbonyl (C=O) groups is 3. The van der Waals surface area contributed by atoms with Crippen LogP contribution in [0.15, 0.2) is 30.3 Å². The summed E-state index contributed by atoms with van der Waals surface area (Å²) in [6.07, 6.45) is -1.82. The molecule has 2 rings (SSSR count). The lowest BCUT2D eigenvalue weighted by Gasteiger charge is -2.09. The molecule has 0 aliphatic carbocycles. The molecule has 2 amide bonds. The molecule has 18 heavy (non-hydrogen) atoms. The van der Waals surface area contributed by atoms with Gasteiger partial charge in [-0.3, -0.25) is 9.59 Å². The average Bonchev–Trinajstić information content (AvgIpc) is 2.67. The Morgan fingerprint density at radius 2 is 2.00 bits per heavy atom. The predicted molar refractivity (Wildman–Crippen MR) is 59.4 cm³/mol. The second-order valence-electron chi connectivity index (χ2n) is 3.67. The summed E-state index contributed by atoms with van der Waals surface area (Å²) in [7, 11) is 1.18. The van der Waals surface area contributed by atoms with E-state index in [0.717, 1.165) is 4.90 Å². The molecule has 0 N–H and O–H groups in total. The standard InChI is InChI=1S/C12H11NO5/c1-17-9(14)7-13-11(15)10(18-12(13)16)8-5-3-2-4-6-8/h2-6,10H,7H2,1H3/t10-/m1/s1. The first-order valence-electron chi connectivity index (χ1n) is 5.27. The van der Waals surface area contributed by atoms with Crippen LogP contribution in [0.2, 0.25) is 0 Å². The van der Waals surface area contributed by atoms with Crippen LogP contribution in [0.1, 0.15) is 11.7 Å². The van der Waals surface area contributed by atoms with Gasteiger partial charge in [0.25, 0.3) is 5.91 Å². The fraction of sp³-hybridized carbons (Fsp3) is 0.250. The van der Waals surface area contributed by atoms with Gasteiger partial charge in [0.15, 0.2) is 0 Å². The third-order valence-electron chi connectivity index (χ3n) is 2.55. The Labute approximate surface area is 103 Å². The van der Waals surface area contributed by atoms with E-state index in [-0.39, 0.29) is 0 Å². The smallest absolute Gasteiger partial charge is 0.418 e. The van der Waals surface area contributed by atoms with E-state index in [9.17, 15) is 14.4 Å². The van der Waals surface area contributed by atoms with Gasteiger partial charge in [0.05, 0.1) is 7.11 Å². The van der Waals surface area contributed by atoms with Crippen LogP contribution in [0, 0.1) is 0 Å². The van der Waals surface area contributed by atoms with E-state index in [1.807, 2.05) is 0 Å². The van der Waals surface area contributed by atoms with E-state index in [2.05, 4.69) is 4.74 Å². The number of hydrogen-bond donors (Lipinski definition) is 0. The molecule has 1 atom stereocenters. The van der Waals surface area contributed by atoms with Gasteiger partial charge in [0.1, 0.15) is 6.54 Å². The van der Waals surface area contributed by atoms with Gasteiger partial charge < -0.3 is 9.47 Å². The molecule has 0 radical (unpaired) electrons. The summed E-state index contributed by atoms with van der Waals surface area (Å²) in [5.41, 5.74) is 0.572. The topological polar surface area (TPSA) is 72.9 Å². The van der Waals surface area contributed by atoms with Gasteiger partial charge in [-0.15, -0.1) is 0 Å². The van der Waals surface area contributed by atoms with E-state index in [4.69, 9.17) is 4.74 Å². The first-order valence-corrected chi connectivity index (χ1v) is 5.27. The van der Waals surface area contributed by atoms with Crippen molar-refractivity contribution >= 4 is 18.0 Å². The largest absolute Gasteiger partial charge is 0.468 e. The number of hydrogen-bond acceptors (Lipinski definition) is 5. The molecule has 0 saturated carbocycles. The Hall–Kier alpha value is -2.37. The summed E-state index contributed by atoms with van der Waals surface area (Å²) in [6, 6.07) is 8.62. The van der Waals surface area contributed by atoms with Crippen molar-refractivity contribution in [2.75, 3.05) is 13.7 Å². The van der Waals surface area contributed by atoms with Gasteiger partial charge in [-0.25, -0.2) is 9.69 Å². The van der Waals surface area contributed by atoms with Crippen molar-refractivity contribution in [3.63, 3.8) is 0 Å². The number of esters is 1. The van der Waals surface area contributed by atoms with Crippen LogP contribution in [-0.2, 0) is 19.1 Å². The molecule has 6 heteroatoms. The van der Waals surface area contributed by atoms with Gasteiger partial charge in [0.2, 0.25) is 6.10 Å². The SMILES string of the molecule is COC(=O)CN1C(=O)O[C@H](c2ccccc2)C1=O. The quantitative estimate of drug-likeness (QED) is 0.743. The summed E-state index contributed by atoms with van der Waals surface area (Å²) >= 11 is 0. The Kier molecular flexibility index (Phi) is 3.27. The van der Waals surface area contributed by atoms with Crippen LogP contribution >= 0.6 is 0 Å². The average molecular weight is 249 g/mol. The molecular formula is C12H11NO5.